The summed E-state index contributed by atoms with van der Waals surface area (Å²) in [5.41, 5.74) is 3.12. The Morgan fingerprint density at radius 3 is 2.46 bits per heavy atom. The molecule has 1 fully saturated rings. The van der Waals surface area contributed by atoms with E-state index >= 15 is 0 Å². The van der Waals surface area contributed by atoms with Gasteiger partial charge in [-0.05, 0) is 69.5 Å². The maximum Gasteiger partial charge on any atom is 0.126 e. The molecule has 0 saturated carbocycles. The summed E-state index contributed by atoms with van der Waals surface area (Å²) in [4.78, 5) is 3.35. The van der Waals surface area contributed by atoms with Crippen molar-refractivity contribution in [1.29, 1.82) is 0 Å². The van der Waals surface area contributed by atoms with E-state index in [4.69, 9.17) is 0 Å². The second kappa shape index (κ2) is 9.63. The molecule has 26 heavy (non-hydrogen) atoms. The second-order valence-corrected chi connectivity index (χ2v) is 8.65. The highest BCUT2D eigenvalue weighted by Gasteiger charge is 2.25. The Bertz CT molecular complexity index is 759. The maximum absolute atomic E-state index is 13.7. The molecule has 1 aliphatic rings. The van der Waals surface area contributed by atoms with Gasteiger partial charge in [-0.15, -0.1) is 12.4 Å². The number of nitrogens with zero attached hydrogens (tertiary/aromatic N) is 1. The van der Waals surface area contributed by atoms with E-state index in [-0.39, 0.29) is 23.5 Å². The fraction of sp³-hybridized carbons (Fsp3) is 0.429. The van der Waals surface area contributed by atoms with E-state index in [9.17, 15) is 8.60 Å². The Hall–Kier alpha value is -1.23. The lowest BCUT2D eigenvalue weighted by atomic mass is 10.1. The third-order valence-corrected chi connectivity index (χ3v) is 7.01. The quantitative estimate of drug-likeness (QED) is 0.732. The van der Waals surface area contributed by atoms with Crippen molar-refractivity contribution in [2.75, 3.05) is 19.6 Å². The highest BCUT2D eigenvalue weighted by molar-refractivity contribution is 7.85. The molecule has 0 amide bonds. The SMILES string of the molecule is Cc1ccc(S(=O)C2CCN(CCc3ccccc3F)CC2)c(C)c1.Cl. The van der Waals surface area contributed by atoms with Crippen LogP contribution in [0.15, 0.2) is 47.4 Å². The van der Waals surface area contributed by atoms with Gasteiger partial charge in [-0.1, -0.05) is 35.9 Å². The Morgan fingerprint density at radius 2 is 1.81 bits per heavy atom. The minimum absolute atomic E-state index is 0. The van der Waals surface area contributed by atoms with Gasteiger partial charge in [-0.3, -0.25) is 4.21 Å². The van der Waals surface area contributed by atoms with E-state index in [0.717, 1.165) is 54.9 Å². The van der Waals surface area contributed by atoms with Crippen LogP contribution >= 0.6 is 12.4 Å². The number of likely N-dealkylation sites (tertiary alicyclic amines) is 1. The lowest BCUT2D eigenvalue weighted by Crippen LogP contribution is -2.38. The van der Waals surface area contributed by atoms with E-state index < -0.39 is 10.8 Å². The molecule has 1 unspecified atom stereocenters. The minimum atomic E-state index is -0.935. The average Bonchev–Trinajstić information content (AvgIpc) is 2.61. The lowest BCUT2D eigenvalue weighted by Gasteiger charge is -2.31. The Kier molecular flexibility index (Phi) is 7.81. The highest BCUT2D eigenvalue weighted by atomic mass is 35.5. The van der Waals surface area contributed by atoms with Gasteiger partial charge < -0.3 is 4.90 Å². The van der Waals surface area contributed by atoms with E-state index in [2.05, 4.69) is 17.9 Å². The Labute approximate surface area is 164 Å². The first-order valence-electron chi connectivity index (χ1n) is 8.98. The monoisotopic (exact) mass is 395 g/mol. The minimum Gasteiger partial charge on any atom is -0.303 e. The maximum atomic E-state index is 13.7. The topological polar surface area (TPSA) is 20.3 Å². The number of benzene rings is 2. The standard InChI is InChI=1S/C21H26FNOS.ClH/c1-16-7-8-21(17(2)15-16)25(24)19-10-13-23(14-11-19)12-9-18-5-3-4-6-20(18)22;/h3-8,15,19H,9-14H2,1-2H3;1H. The van der Waals surface area contributed by atoms with Gasteiger partial charge in [0, 0.05) is 16.7 Å². The van der Waals surface area contributed by atoms with Crippen molar-refractivity contribution < 1.29 is 8.60 Å². The molecule has 0 radical (unpaired) electrons. The molecule has 5 heteroatoms. The number of rotatable bonds is 5. The summed E-state index contributed by atoms with van der Waals surface area (Å²) in [6.07, 6.45) is 2.62. The molecule has 1 heterocycles. The van der Waals surface area contributed by atoms with E-state index in [0.29, 0.717) is 0 Å². The molecule has 3 rings (SSSR count). The van der Waals surface area contributed by atoms with Crippen LogP contribution < -0.4 is 0 Å². The third-order valence-electron chi connectivity index (χ3n) is 5.04. The predicted molar refractivity (Wildman–Crippen MR) is 109 cm³/mol. The molecule has 1 atom stereocenters. The summed E-state index contributed by atoms with van der Waals surface area (Å²) in [5.74, 6) is -0.117. The van der Waals surface area contributed by atoms with Crippen LogP contribution in [0.2, 0.25) is 0 Å². The Balaban J connectivity index is 0.00000243. The van der Waals surface area contributed by atoms with Crippen LogP contribution in [-0.2, 0) is 17.2 Å². The van der Waals surface area contributed by atoms with Gasteiger partial charge in [0.25, 0.3) is 0 Å². The zero-order chi connectivity index (χ0) is 17.8. The second-order valence-electron chi connectivity index (χ2n) is 6.95. The van der Waals surface area contributed by atoms with E-state index in [1.54, 1.807) is 6.07 Å². The number of hydrogen-bond donors (Lipinski definition) is 0. The summed E-state index contributed by atoms with van der Waals surface area (Å²) in [7, 11) is -0.935. The average molecular weight is 396 g/mol. The molecule has 2 aromatic rings. The number of piperidine rings is 1. The molecule has 2 aromatic carbocycles. The van der Waals surface area contributed by atoms with Crippen LogP contribution in [0.25, 0.3) is 0 Å². The van der Waals surface area contributed by atoms with Gasteiger partial charge in [0.1, 0.15) is 5.82 Å². The van der Waals surface area contributed by atoms with Crippen LogP contribution in [0.3, 0.4) is 0 Å². The molecule has 0 aromatic heterocycles. The van der Waals surface area contributed by atoms with Crippen molar-refractivity contribution in [2.24, 2.45) is 0 Å². The molecule has 1 aliphatic heterocycles. The summed E-state index contributed by atoms with van der Waals surface area (Å²) >= 11 is 0. The van der Waals surface area contributed by atoms with Gasteiger partial charge in [0.2, 0.25) is 0 Å². The van der Waals surface area contributed by atoms with Crippen molar-refractivity contribution in [3.63, 3.8) is 0 Å². The zero-order valence-corrected chi connectivity index (χ0v) is 17.0. The predicted octanol–water partition coefficient (Wildman–Crippen LogP) is 4.68. The van der Waals surface area contributed by atoms with Crippen LogP contribution in [-0.4, -0.2) is 34.0 Å². The molecule has 0 spiro atoms. The fourth-order valence-electron chi connectivity index (χ4n) is 3.53. The first kappa shape index (κ1) is 21.1. The highest BCUT2D eigenvalue weighted by Crippen LogP contribution is 2.24. The Morgan fingerprint density at radius 1 is 1.12 bits per heavy atom. The zero-order valence-electron chi connectivity index (χ0n) is 15.4. The van der Waals surface area contributed by atoms with Crippen molar-refractivity contribution in [3.05, 3.63) is 65.0 Å². The van der Waals surface area contributed by atoms with Gasteiger partial charge >= 0.3 is 0 Å². The molecule has 1 saturated heterocycles. The first-order valence-corrected chi connectivity index (χ1v) is 10.2. The number of aryl methyl sites for hydroxylation is 2. The van der Waals surface area contributed by atoms with E-state index in [1.165, 1.54) is 11.6 Å². The van der Waals surface area contributed by atoms with Crippen molar-refractivity contribution >= 4 is 23.2 Å². The molecule has 0 bridgehead atoms. The van der Waals surface area contributed by atoms with Gasteiger partial charge in [0.05, 0.1) is 10.8 Å². The van der Waals surface area contributed by atoms with Crippen molar-refractivity contribution in [3.8, 4) is 0 Å². The summed E-state index contributed by atoms with van der Waals surface area (Å²) in [6.45, 7) is 6.85. The van der Waals surface area contributed by atoms with Crippen molar-refractivity contribution in [1.82, 2.24) is 4.90 Å². The van der Waals surface area contributed by atoms with Crippen LogP contribution in [0.4, 0.5) is 4.39 Å². The van der Waals surface area contributed by atoms with E-state index in [1.807, 2.05) is 31.2 Å². The molecule has 0 aliphatic carbocycles. The third kappa shape index (κ3) is 5.15. The normalized spacial score (nSPS) is 16.9. The number of halogens is 2. The smallest absolute Gasteiger partial charge is 0.126 e. The molecular weight excluding hydrogens is 369 g/mol. The molecule has 142 valence electrons. The number of hydrogen-bond acceptors (Lipinski definition) is 2. The first-order chi connectivity index (χ1) is 12.0. The molecule has 0 N–H and O–H groups in total. The fourth-order valence-corrected chi connectivity index (χ4v) is 5.11. The summed E-state index contributed by atoms with van der Waals surface area (Å²) in [5, 5.41) is 0.228. The molecule has 2 nitrogen and oxygen atoms in total. The van der Waals surface area contributed by atoms with Crippen LogP contribution in [0, 0.1) is 19.7 Å². The van der Waals surface area contributed by atoms with Gasteiger partial charge in [-0.2, -0.15) is 0 Å². The molecular formula is C21H27ClFNOS. The largest absolute Gasteiger partial charge is 0.303 e. The van der Waals surface area contributed by atoms with Crippen molar-refractivity contribution in [2.45, 2.75) is 43.3 Å². The lowest BCUT2D eigenvalue weighted by molar-refractivity contribution is 0.233. The van der Waals surface area contributed by atoms with Crippen LogP contribution in [0.5, 0.6) is 0 Å². The van der Waals surface area contributed by atoms with Crippen LogP contribution in [0.1, 0.15) is 29.5 Å². The summed E-state index contributed by atoms with van der Waals surface area (Å²) in [6, 6.07) is 13.2. The van der Waals surface area contributed by atoms with Gasteiger partial charge in [-0.25, -0.2) is 4.39 Å². The van der Waals surface area contributed by atoms with Gasteiger partial charge in [0.15, 0.2) is 0 Å². The summed E-state index contributed by atoms with van der Waals surface area (Å²) < 4.78 is 26.6.